The highest BCUT2D eigenvalue weighted by molar-refractivity contribution is 5.66. The van der Waals surface area contributed by atoms with Crippen LogP contribution in [0.2, 0.25) is 0 Å². The predicted octanol–water partition coefficient (Wildman–Crippen LogP) is 7.81. The predicted molar refractivity (Wildman–Crippen MR) is 124 cm³/mol. The molecule has 0 radical (unpaired) electrons. The Labute approximate surface area is 178 Å². The first-order valence-corrected chi connectivity index (χ1v) is 12.2. The Hall–Kier alpha value is -1.70. The summed E-state index contributed by atoms with van der Waals surface area (Å²) in [5.74, 6) is 1.87. The number of rotatable bonds is 11. The Kier molecular flexibility index (Phi) is 9.18. The number of hydrogen-bond acceptors (Lipinski definition) is 2. The number of aromatic nitrogens is 2. The molecule has 158 valence electrons. The Morgan fingerprint density at radius 1 is 0.828 bits per heavy atom. The molecule has 1 saturated carbocycles. The average molecular weight is 393 g/mol. The summed E-state index contributed by atoms with van der Waals surface area (Å²) in [6.07, 6.45) is 21.0. The van der Waals surface area contributed by atoms with Crippen molar-refractivity contribution in [2.24, 2.45) is 11.8 Å². The highest BCUT2D eigenvalue weighted by Gasteiger charge is 2.20. The van der Waals surface area contributed by atoms with Gasteiger partial charge in [-0.05, 0) is 48.6 Å². The van der Waals surface area contributed by atoms with Gasteiger partial charge in [0.2, 0.25) is 0 Å². The fourth-order valence-electron chi connectivity index (χ4n) is 4.96. The van der Waals surface area contributed by atoms with Crippen LogP contribution in [0, 0.1) is 11.8 Å². The normalized spacial score (nSPS) is 19.4. The Morgan fingerprint density at radius 3 is 2.38 bits per heavy atom. The van der Waals surface area contributed by atoms with E-state index >= 15 is 0 Å². The van der Waals surface area contributed by atoms with Crippen molar-refractivity contribution in [3.63, 3.8) is 0 Å². The zero-order chi connectivity index (χ0) is 20.3. The molecule has 1 heterocycles. The van der Waals surface area contributed by atoms with Crippen LogP contribution in [0.3, 0.4) is 0 Å². The molecule has 0 atom stereocenters. The minimum atomic E-state index is 0.889. The van der Waals surface area contributed by atoms with Crippen molar-refractivity contribution in [1.82, 2.24) is 9.97 Å². The van der Waals surface area contributed by atoms with Gasteiger partial charge >= 0.3 is 0 Å². The molecule has 2 aromatic rings. The summed E-state index contributed by atoms with van der Waals surface area (Å²) in [6, 6.07) is 8.90. The van der Waals surface area contributed by atoms with Crippen molar-refractivity contribution in [1.29, 1.82) is 0 Å². The lowest BCUT2D eigenvalue weighted by molar-refractivity contribution is 0.259. The maximum Gasteiger partial charge on any atom is 0.116 e. The van der Waals surface area contributed by atoms with Crippen molar-refractivity contribution in [2.75, 3.05) is 0 Å². The lowest BCUT2D eigenvalue weighted by Crippen LogP contribution is -2.14. The second kappa shape index (κ2) is 12.1. The largest absolute Gasteiger partial charge is 0.244 e. The summed E-state index contributed by atoms with van der Waals surface area (Å²) in [5.41, 5.74) is 5.29. The van der Waals surface area contributed by atoms with E-state index in [4.69, 9.17) is 4.98 Å². The van der Waals surface area contributed by atoms with Gasteiger partial charge in [-0.1, -0.05) is 95.9 Å². The van der Waals surface area contributed by atoms with E-state index in [0.717, 1.165) is 24.7 Å². The molecule has 0 bridgehead atoms. The molecule has 2 nitrogen and oxygen atoms in total. The van der Waals surface area contributed by atoms with E-state index in [-0.39, 0.29) is 0 Å². The second-order valence-electron chi connectivity index (χ2n) is 9.05. The fraction of sp³-hybridized carbons (Fsp3) is 0.630. The van der Waals surface area contributed by atoms with Gasteiger partial charge in [0.05, 0.1) is 5.69 Å². The standard InChI is InChI=1S/C27H40N2/c1-3-5-6-7-8-11-24-12-9-10-13-26(24)27-25(20-28-21-29-27)19-18-23-16-14-22(4-2)15-17-23/h9-10,12-13,20-23H,3-8,11,14-19H2,1-2H3. The van der Waals surface area contributed by atoms with Gasteiger partial charge in [0, 0.05) is 11.8 Å². The molecule has 0 N–H and O–H groups in total. The molecule has 1 aliphatic rings. The van der Waals surface area contributed by atoms with Crippen LogP contribution < -0.4 is 0 Å². The molecule has 0 unspecified atom stereocenters. The van der Waals surface area contributed by atoms with Gasteiger partial charge in [-0.25, -0.2) is 9.97 Å². The van der Waals surface area contributed by atoms with Gasteiger partial charge in [-0.3, -0.25) is 0 Å². The molecule has 1 aromatic carbocycles. The molecule has 1 fully saturated rings. The van der Waals surface area contributed by atoms with Crippen LogP contribution in [0.15, 0.2) is 36.8 Å². The molecule has 1 aliphatic carbocycles. The Bertz CT molecular complexity index is 716. The number of nitrogens with zero attached hydrogens (tertiary/aromatic N) is 2. The third-order valence-electron chi connectivity index (χ3n) is 6.98. The van der Waals surface area contributed by atoms with E-state index in [1.807, 2.05) is 0 Å². The number of unbranched alkanes of at least 4 members (excludes halogenated alkanes) is 4. The highest BCUT2D eigenvalue weighted by atomic mass is 14.8. The highest BCUT2D eigenvalue weighted by Crippen LogP contribution is 2.34. The van der Waals surface area contributed by atoms with E-state index in [1.54, 1.807) is 6.33 Å². The summed E-state index contributed by atoms with van der Waals surface area (Å²) in [7, 11) is 0. The second-order valence-corrected chi connectivity index (χ2v) is 9.05. The number of benzene rings is 1. The van der Waals surface area contributed by atoms with Crippen LogP contribution in [-0.4, -0.2) is 9.97 Å². The molecular formula is C27H40N2. The molecule has 0 saturated heterocycles. The summed E-state index contributed by atoms with van der Waals surface area (Å²) in [4.78, 5) is 9.12. The topological polar surface area (TPSA) is 25.8 Å². The summed E-state index contributed by atoms with van der Waals surface area (Å²) < 4.78 is 0. The maximum absolute atomic E-state index is 4.75. The van der Waals surface area contributed by atoms with Gasteiger partial charge in [0.1, 0.15) is 6.33 Å². The SMILES string of the molecule is CCCCCCCc1ccccc1-c1ncncc1CCC1CCC(CC)CC1. The molecule has 1 aromatic heterocycles. The summed E-state index contributed by atoms with van der Waals surface area (Å²) >= 11 is 0. The smallest absolute Gasteiger partial charge is 0.116 e. The van der Waals surface area contributed by atoms with Crippen molar-refractivity contribution in [3.8, 4) is 11.3 Å². The molecule has 3 rings (SSSR count). The van der Waals surface area contributed by atoms with Crippen LogP contribution in [-0.2, 0) is 12.8 Å². The van der Waals surface area contributed by atoms with Crippen molar-refractivity contribution in [2.45, 2.75) is 97.3 Å². The summed E-state index contributed by atoms with van der Waals surface area (Å²) in [6.45, 7) is 4.63. The lowest BCUT2D eigenvalue weighted by Gasteiger charge is -2.27. The van der Waals surface area contributed by atoms with Crippen LogP contribution in [0.5, 0.6) is 0 Å². The Morgan fingerprint density at radius 2 is 1.59 bits per heavy atom. The van der Waals surface area contributed by atoms with Crippen LogP contribution in [0.25, 0.3) is 11.3 Å². The minimum absolute atomic E-state index is 0.889. The quantitative estimate of drug-likeness (QED) is 0.364. The first-order chi connectivity index (χ1) is 14.3. The molecule has 0 aliphatic heterocycles. The Balaban J connectivity index is 1.64. The van der Waals surface area contributed by atoms with Gasteiger partial charge < -0.3 is 0 Å². The maximum atomic E-state index is 4.75. The van der Waals surface area contributed by atoms with E-state index in [0.29, 0.717) is 0 Å². The molecule has 0 spiro atoms. The third kappa shape index (κ3) is 6.66. The number of hydrogen-bond donors (Lipinski definition) is 0. The first kappa shape index (κ1) is 22.0. The third-order valence-corrected chi connectivity index (χ3v) is 6.98. The zero-order valence-electron chi connectivity index (χ0n) is 18.7. The van der Waals surface area contributed by atoms with Crippen LogP contribution >= 0.6 is 0 Å². The van der Waals surface area contributed by atoms with E-state index < -0.39 is 0 Å². The lowest BCUT2D eigenvalue weighted by atomic mass is 9.78. The number of aryl methyl sites for hydroxylation is 2. The van der Waals surface area contributed by atoms with Crippen molar-refractivity contribution >= 4 is 0 Å². The van der Waals surface area contributed by atoms with Crippen LogP contribution in [0.4, 0.5) is 0 Å². The van der Waals surface area contributed by atoms with E-state index in [1.165, 1.54) is 93.0 Å². The van der Waals surface area contributed by atoms with Gasteiger partial charge in [0.15, 0.2) is 0 Å². The van der Waals surface area contributed by atoms with Gasteiger partial charge in [-0.2, -0.15) is 0 Å². The van der Waals surface area contributed by atoms with E-state index in [9.17, 15) is 0 Å². The molecule has 0 amide bonds. The average Bonchev–Trinajstić information content (AvgIpc) is 2.78. The zero-order valence-corrected chi connectivity index (χ0v) is 18.7. The van der Waals surface area contributed by atoms with Gasteiger partial charge in [0.25, 0.3) is 0 Å². The monoisotopic (exact) mass is 392 g/mol. The minimum Gasteiger partial charge on any atom is -0.244 e. The fourth-order valence-corrected chi connectivity index (χ4v) is 4.96. The van der Waals surface area contributed by atoms with Crippen molar-refractivity contribution in [3.05, 3.63) is 47.9 Å². The first-order valence-electron chi connectivity index (χ1n) is 12.2. The van der Waals surface area contributed by atoms with Crippen LogP contribution in [0.1, 0.15) is 95.6 Å². The summed E-state index contributed by atoms with van der Waals surface area (Å²) in [5, 5.41) is 0. The molecule has 29 heavy (non-hydrogen) atoms. The molecular weight excluding hydrogens is 352 g/mol. The molecule has 2 heteroatoms. The van der Waals surface area contributed by atoms with Crippen molar-refractivity contribution < 1.29 is 0 Å². The van der Waals surface area contributed by atoms with Gasteiger partial charge in [-0.15, -0.1) is 0 Å². The van der Waals surface area contributed by atoms with E-state index in [2.05, 4.69) is 49.3 Å².